The summed E-state index contributed by atoms with van der Waals surface area (Å²) in [5, 5.41) is 10.3. The van der Waals surface area contributed by atoms with Crippen LogP contribution >= 0.6 is 0 Å². The Morgan fingerprint density at radius 1 is 0.689 bits per heavy atom. The Balaban J connectivity index is 0.000000167. The van der Waals surface area contributed by atoms with Gasteiger partial charge in [-0.15, -0.1) is 0 Å². The summed E-state index contributed by atoms with van der Waals surface area (Å²) in [6, 6.07) is 1.66. The maximum absolute atomic E-state index is 12.5. The topological polar surface area (TPSA) is 131 Å². The monoisotopic (exact) mass is 631 g/mol. The zero-order valence-corrected chi connectivity index (χ0v) is 30.7. The lowest BCUT2D eigenvalue weighted by Gasteiger charge is -2.55. The van der Waals surface area contributed by atoms with Gasteiger partial charge in [-0.25, -0.2) is 0 Å². The zero-order valence-electron chi connectivity index (χ0n) is 30.7. The van der Waals surface area contributed by atoms with Gasteiger partial charge in [-0.1, -0.05) is 41.5 Å². The van der Waals surface area contributed by atoms with E-state index in [-0.39, 0.29) is 17.4 Å². The third-order valence-corrected chi connectivity index (χ3v) is 13.9. The molecule has 8 bridgehead atoms. The van der Waals surface area contributed by atoms with E-state index in [4.69, 9.17) is 17.2 Å². The van der Waals surface area contributed by atoms with Crippen molar-refractivity contribution in [2.24, 2.45) is 82.3 Å². The van der Waals surface area contributed by atoms with Crippen LogP contribution in [0.1, 0.15) is 120 Å². The molecule has 0 saturated heterocycles. The molecule has 0 aliphatic heterocycles. The van der Waals surface area contributed by atoms with Crippen LogP contribution in [0.3, 0.4) is 0 Å². The molecule has 3 atom stereocenters. The third kappa shape index (κ3) is 8.85. The Morgan fingerprint density at radius 3 is 1.38 bits per heavy atom. The molecule has 0 heterocycles. The largest absolute Gasteiger partial charge is 0.351 e. The average molecular weight is 631 g/mol. The van der Waals surface area contributed by atoms with Gasteiger partial charge >= 0.3 is 0 Å². The quantitative estimate of drug-likeness (QED) is 0.195. The fraction of sp³-hybridized carbons (Fsp3) is 0.974. The highest BCUT2D eigenvalue weighted by molar-refractivity contribution is 5.86. The molecule has 8 fully saturated rings. The standard InChI is InChI=1S/C16H28N2O.C16H30N2.C6H16N2/c1-9(2)16(3,17)15(19)18-14-12-5-10-4-11(7-12)8-13(14)6-10;1-10(2)16(3,17)9-18-15-13-5-11-4-12(7-13)8-14(15)6-11;1-5(2)6(4-7)8-3/h9-14H,4-8,17H2,1-3H3,(H,18,19);10-15,18H,4-9,17H2,1-3H3;5-6,8H,4,7H2,1-3H3. The second-order valence-electron chi connectivity index (χ2n) is 18.2. The van der Waals surface area contributed by atoms with Crippen LogP contribution < -0.4 is 33.2 Å². The van der Waals surface area contributed by atoms with Crippen molar-refractivity contribution in [3.8, 4) is 0 Å². The lowest BCUT2D eigenvalue weighted by atomic mass is 9.54. The third-order valence-electron chi connectivity index (χ3n) is 13.9. The van der Waals surface area contributed by atoms with Crippen LogP contribution in [0.25, 0.3) is 0 Å². The van der Waals surface area contributed by atoms with Crippen LogP contribution in [0.2, 0.25) is 0 Å². The SMILES string of the molecule is CC(C)C(C)(N)C(=O)NC1C2CC3CC(C2)CC1C3.CC(C)C(C)(N)CNC1C2CC3CC(C2)CC1C3.CNC(CN)C(C)C. The second-order valence-corrected chi connectivity index (χ2v) is 18.2. The molecule has 8 saturated carbocycles. The van der Waals surface area contributed by atoms with Crippen molar-refractivity contribution in [1.82, 2.24) is 16.0 Å². The van der Waals surface area contributed by atoms with Crippen LogP contribution in [0.15, 0.2) is 0 Å². The number of carbonyl (C=O) groups excluding carboxylic acids is 1. The molecular formula is C38H74N6O. The highest BCUT2D eigenvalue weighted by atomic mass is 16.2. The highest BCUT2D eigenvalue weighted by Gasteiger charge is 2.50. The van der Waals surface area contributed by atoms with Crippen molar-refractivity contribution in [2.45, 2.75) is 149 Å². The first-order valence-electron chi connectivity index (χ1n) is 19.0. The van der Waals surface area contributed by atoms with Gasteiger partial charge in [0.25, 0.3) is 0 Å². The van der Waals surface area contributed by atoms with E-state index in [1.807, 2.05) is 27.8 Å². The summed E-state index contributed by atoms with van der Waals surface area (Å²) in [5.41, 5.74) is 17.2. The fourth-order valence-electron chi connectivity index (χ4n) is 10.3. The molecule has 7 nitrogen and oxygen atoms in total. The van der Waals surface area contributed by atoms with Crippen molar-refractivity contribution in [1.29, 1.82) is 0 Å². The summed E-state index contributed by atoms with van der Waals surface area (Å²) in [5.74, 6) is 8.82. The predicted octanol–water partition coefficient (Wildman–Crippen LogP) is 5.26. The lowest BCUT2D eigenvalue weighted by Crippen LogP contribution is -2.62. The van der Waals surface area contributed by atoms with Crippen molar-refractivity contribution in [2.75, 3.05) is 20.1 Å². The molecule has 7 heteroatoms. The van der Waals surface area contributed by atoms with Crippen LogP contribution in [0, 0.1) is 65.1 Å². The van der Waals surface area contributed by atoms with Gasteiger partial charge in [0, 0.05) is 36.8 Å². The van der Waals surface area contributed by atoms with Gasteiger partial charge < -0.3 is 33.2 Å². The Hall–Kier alpha value is -0.730. The number of likely N-dealkylation sites (N-methyl/N-ethyl adjacent to an activating group) is 1. The molecule has 3 unspecified atom stereocenters. The Kier molecular flexibility index (Phi) is 12.5. The number of amides is 1. The van der Waals surface area contributed by atoms with Gasteiger partial charge in [0.1, 0.15) is 0 Å². The lowest BCUT2D eigenvalue weighted by molar-refractivity contribution is -0.131. The summed E-state index contributed by atoms with van der Waals surface area (Å²) in [6.45, 7) is 18.6. The maximum atomic E-state index is 12.5. The molecule has 9 N–H and O–H groups in total. The van der Waals surface area contributed by atoms with E-state index in [1.54, 1.807) is 6.42 Å². The Bertz CT molecular complexity index is 885. The summed E-state index contributed by atoms with van der Waals surface area (Å²) in [7, 11) is 1.94. The second kappa shape index (κ2) is 15.2. The van der Waals surface area contributed by atoms with E-state index in [2.05, 4.69) is 50.6 Å². The zero-order chi connectivity index (χ0) is 33.3. The Morgan fingerprint density at radius 2 is 1.09 bits per heavy atom. The van der Waals surface area contributed by atoms with Gasteiger partial charge in [0.05, 0.1) is 5.54 Å². The number of nitrogens with two attached hydrogens (primary N) is 3. The maximum Gasteiger partial charge on any atom is 0.240 e. The Labute approximate surface area is 277 Å². The first-order valence-corrected chi connectivity index (χ1v) is 19.0. The highest BCUT2D eigenvalue weighted by Crippen LogP contribution is 2.54. The summed E-state index contributed by atoms with van der Waals surface area (Å²) in [4.78, 5) is 12.5. The molecule has 8 rings (SSSR count). The first kappa shape index (κ1) is 37.1. The van der Waals surface area contributed by atoms with E-state index < -0.39 is 5.54 Å². The van der Waals surface area contributed by atoms with Gasteiger partial charge in [0.15, 0.2) is 0 Å². The fourth-order valence-corrected chi connectivity index (χ4v) is 10.3. The van der Waals surface area contributed by atoms with Crippen LogP contribution in [-0.2, 0) is 4.79 Å². The molecule has 0 aromatic carbocycles. The normalized spacial score (nSPS) is 39.1. The smallest absolute Gasteiger partial charge is 0.240 e. The number of hydrogen-bond acceptors (Lipinski definition) is 6. The number of rotatable bonds is 10. The van der Waals surface area contributed by atoms with E-state index in [0.717, 1.165) is 66.5 Å². The summed E-state index contributed by atoms with van der Waals surface area (Å²) >= 11 is 0. The number of carbonyl (C=O) groups is 1. The molecular weight excluding hydrogens is 556 g/mol. The molecule has 262 valence electrons. The van der Waals surface area contributed by atoms with Crippen LogP contribution in [0.4, 0.5) is 0 Å². The average Bonchev–Trinajstić information content (AvgIpc) is 2.94. The molecule has 0 radical (unpaired) electrons. The molecule has 0 aromatic heterocycles. The van der Waals surface area contributed by atoms with Gasteiger partial charge in [-0.2, -0.15) is 0 Å². The van der Waals surface area contributed by atoms with E-state index >= 15 is 0 Å². The van der Waals surface area contributed by atoms with E-state index in [1.165, 1.54) is 57.8 Å². The van der Waals surface area contributed by atoms with E-state index in [9.17, 15) is 4.79 Å². The van der Waals surface area contributed by atoms with Crippen molar-refractivity contribution in [3.05, 3.63) is 0 Å². The minimum absolute atomic E-state index is 0.0555. The summed E-state index contributed by atoms with van der Waals surface area (Å²) < 4.78 is 0. The van der Waals surface area contributed by atoms with Crippen LogP contribution in [-0.4, -0.2) is 55.2 Å². The molecule has 45 heavy (non-hydrogen) atoms. The number of hydrogen-bond donors (Lipinski definition) is 6. The summed E-state index contributed by atoms with van der Waals surface area (Å²) in [6.07, 6.45) is 14.3. The van der Waals surface area contributed by atoms with Crippen molar-refractivity contribution < 1.29 is 4.79 Å². The minimum Gasteiger partial charge on any atom is -0.351 e. The number of nitrogens with one attached hydrogen (secondary N) is 3. The molecule has 0 spiro atoms. The van der Waals surface area contributed by atoms with Crippen molar-refractivity contribution >= 4 is 5.91 Å². The first-order chi connectivity index (χ1) is 21.0. The van der Waals surface area contributed by atoms with Crippen molar-refractivity contribution in [3.63, 3.8) is 0 Å². The van der Waals surface area contributed by atoms with Gasteiger partial charge in [-0.3, -0.25) is 4.79 Å². The van der Waals surface area contributed by atoms with Crippen LogP contribution in [0.5, 0.6) is 0 Å². The minimum atomic E-state index is -0.741. The predicted molar refractivity (Wildman–Crippen MR) is 189 cm³/mol. The molecule has 1 amide bonds. The molecule has 0 aromatic rings. The molecule has 8 aliphatic carbocycles. The molecule has 8 aliphatic rings. The van der Waals surface area contributed by atoms with Gasteiger partial charge in [0.2, 0.25) is 5.91 Å². The van der Waals surface area contributed by atoms with E-state index in [0.29, 0.717) is 23.9 Å². The van der Waals surface area contributed by atoms with Gasteiger partial charge in [-0.05, 0) is 150 Å².